The Hall–Kier alpha value is -2.65. The zero-order valence-corrected chi connectivity index (χ0v) is 36.9. The summed E-state index contributed by atoms with van der Waals surface area (Å²) in [6, 6.07) is 0. The van der Waals surface area contributed by atoms with E-state index in [1.165, 1.54) is 51.4 Å². The van der Waals surface area contributed by atoms with Gasteiger partial charge in [0.2, 0.25) is 0 Å². The first-order valence-corrected chi connectivity index (χ1v) is 24.0. The van der Waals surface area contributed by atoms with Gasteiger partial charge < -0.3 is 34.3 Å². The number of carbonyl (C=O) groups excluding carboxylic acids is 2. The second kappa shape index (κ2) is 36.0. The molecule has 6 atom stereocenters. The fourth-order valence-electron chi connectivity index (χ4n) is 6.31. The SMILES string of the molecule is CCCCC/C=C/C/C=C/C/C=C/C/C=C/CCCC(=O)O[C@H](COC(=O)CCCCCCC/C=C/CCCCCCC)CO[C@H]1O[C@H](CS(=O)(=O)O)[C@@H](O)C(O)C1O. The molecule has 0 radical (unpaired) electrons. The number of allylic oxidation sites excluding steroid dienone is 10. The summed E-state index contributed by atoms with van der Waals surface area (Å²) in [7, 11) is -4.61. The van der Waals surface area contributed by atoms with Gasteiger partial charge in [-0.3, -0.25) is 14.1 Å². The average molecular weight is 855 g/mol. The molecular weight excluding hydrogens is 777 g/mol. The molecular formula is C46H78O12S. The molecule has 13 heteroatoms. The molecule has 0 bridgehead atoms. The number of esters is 2. The van der Waals surface area contributed by atoms with E-state index in [1.807, 2.05) is 12.2 Å². The summed E-state index contributed by atoms with van der Waals surface area (Å²) in [5, 5.41) is 30.9. The molecule has 0 aliphatic carbocycles. The molecule has 59 heavy (non-hydrogen) atoms. The predicted octanol–water partition coefficient (Wildman–Crippen LogP) is 8.95. The minimum Gasteiger partial charge on any atom is -0.462 e. The van der Waals surface area contributed by atoms with Gasteiger partial charge >= 0.3 is 11.9 Å². The van der Waals surface area contributed by atoms with Crippen LogP contribution in [0.4, 0.5) is 0 Å². The minimum absolute atomic E-state index is 0.0845. The normalized spacial score (nSPS) is 20.8. The van der Waals surface area contributed by atoms with Crippen molar-refractivity contribution in [3.8, 4) is 0 Å². The highest BCUT2D eigenvalue weighted by molar-refractivity contribution is 7.85. The van der Waals surface area contributed by atoms with Crippen LogP contribution in [0.15, 0.2) is 60.8 Å². The highest BCUT2D eigenvalue weighted by atomic mass is 32.2. The molecule has 0 aromatic heterocycles. The van der Waals surface area contributed by atoms with Crippen LogP contribution in [0.2, 0.25) is 0 Å². The van der Waals surface area contributed by atoms with Gasteiger partial charge in [0.25, 0.3) is 10.1 Å². The van der Waals surface area contributed by atoms with E-state index in [4.69, 9.17) is 18.9 Å². The third kappa shape index (κ3) is 30.9. The van der Waals surface area contributed by atoms with Crippen molar-refractivity contribution in [3.05, 3.63) is 60.8 Å². The van der Waals surface area contributed by atoms with Gasteiger partial charge in [-0.1, -0.05) is 132 Å². The predicted molar refractivity (Wildman–Crippen MR) is 233 cm³/mol. The Bertz CT molecular complexity index is 1320. The molecule has 1 heterocycles. The third-order valence-corrected chi connectivity index (χ3v) is 10.6. The fraction of sp³-hybridized carbons (Fsp3) is 0.739. The lowest BCUT2D eigenvalue weighted by Crippen LogP contribution is -2.60. The maximum atomic E-state index is 12.8. The van der Waals surface area contributed by atoms with E-state index in [2.05, 4.69) is 62.5 Å². The molecule has 0 amide bonds. The maximum Gasteiger partial charge on any atom is 0.306 e. The van der Waals surface area contributed by atoms with E-state index < -0.39 is 71.2 Å². The Morgan fingerprint density at radius 1 is 0.576 bits per heavy atom. The summed E-state index contributed by atoms with van der Waals surface area (Å²) in [6.45, 7) is 3.66. The van der Waals surface area contributed by atoms with Gasteiger partial charge in [-0.25, -0.2) is 0 Å². The Morgan fingerprint density at radius 2 is 1.03 bits per heavy atom. The molecule has 2 unspecified atom stereocenters. The van der Waals surface area contributed by atoms with Gasteiger partial charge in [0, 0.05) is 12.8 Å². The second-order valence-electron chi connectivity index (χ2n) is 15.4. The monoisotopic (exact) mass is 855 g/mol. The average Bonchev–Trinajstić information content (AvgIpc) is 3.20. The lowest BCUT2D eigenvalue weighted by Gasteiger charge is -2.40. The lowest BCUT2D eigenvalue weighted by molar-refractivity contribution is -0.297. The first-order chi connectivity index (χ1) is 28.5. The van der Waals surface area contributed by atoms with Gasteiger partial charge in [0.05, 0.1) is 6.61 Å². The van der Waals surface area contributed by atoms with Crippen LogP contribution in [0.1, 0.15) is 162 Å². The minimum atomic E-state index is -4.61. The number of aliphatic hydroxyl groups is 3. The van der Waals surface area contributed by atoms with Crippen molar-refractivity contribution in [2.24, 2.45) is 0 Å². The highest BCUT2D eigenvalue weighted by Crippen LogP contribution is 2.24. The first kappa shape index (κ1) is 54.4. The summed E-state index contributed by atoms with van der Waals surface area (Å²) >= 11 is 0. The van der Waals surface area contributed by atoms with Crippen molar-refractivity contribution in [3.63, 3.8) is 0 Å². The largest absolute Gasteiger partial charge is 0.462 e. The summed E-state index contributed by atoms with van der Waals surface area (Å²) < 4.78 is 53.9. The van der Waals surface area contributed by atoms with Crippen LogP contribution < -0.4 is 0 Å². The van der Waals surface area contributed by atoms with E-state index in [0.29, 0.717) is 19.3 Å². The lowest BCUT2D eigenvalue weighted by atomic mass is 10.00. The van der Waals surface area contributed by atoms with Crippen LogP contribution in [0.25, 0.3) is 0 Å². The standard InChI is InChI=1S/C46H78O12S/c1-3-5-7-9-11-13-15-17-19-20-21-23-25-27-29-31-33-35-42(48)57-39(37-56-46-45(51)44(50)43(49)40(58-46)38-59(52,53)54)36-55-41(47)34-32-30-28-26-24-22-18-16-14-12-10-8-6-4-2/h11,13,16-19,21,23,27,29,39-40,43-46,49-51H,3-10,12,14-15,20,22,24-26,28,30-38H2,1-2H3,(H,52,53,54)/b13-11+,18-16+,19-17+,23-21+,29-27+/t39-,40-,43-,44?,45?,46+/m1/s1. The smallest absolute Gasteiger partial charge is 0.306 e. The van der Waals surface area contributed by atoms with Crippen molar-refractivity contribution in [1.82, 2.24) is 0 Å². The molecule has 0 aromatic rings. The molecule has 4 N–H and O–H groups in total. The van der Waals surface area contributed by atoms with Crippen molar-refractivity contribution in [1.29, 1.82) is 0 Å². The molecule has 0 spiro atoms. The Kier molecular flexibility index (Phi) is 33.2. The van der Waals surface area contributed by atoms with Crippen LogP contribution in [0, 0.1) is 0 Å². The van der Waals surface area contributed by atoms with E-state index >= 15 is 0 Å². The van der Waals surface area contributed by atoms with Gasteiger partial charge in [0.1, 0.15) is 36.8 Å². The van der Waals surface area contributed by atoms with Crippen LogP contribution >= 0.6 is 0 Å². The summed E-state index contributed by atoms with van der Waals surface area (Å²) in [6.07, 6.45) is 34.1. The number of ether oxygens (including phenoxy) is 4. The number of hydrogen-bond donors (Lipinski definition) is 4. The quantitative estimate of drug-likeness (QED) is 0.0203. The highest BCUT2D eigenvalue weighted by Gasteiger charge is 2.46. The van der Waals surface area contributed by atoms with E-state index in [-0.39, 0.29) is 19.4 Å². The van der Waals surface area contributed by atoms with Gasteiger partial charge in [-0.15, -0.1) is 0 Å². The van der Waals surface area contributed by atoms with Crippen molar-refractivity contribution in [2.45, 2.75) is 198 Å². The zero-order chi connectivity index (χ0) is 43.4. The van der Waals surface area contributed by atoms with Crippen LogP contribution in [-0.2, 0) is 38.7 Å². The number of carbonyl (C=O) groups is 2. The Morgan fingerprint density at radius 3 is 1.61 bits per heavy atom. The topological polar surface area (TPSA) is 186 Å². The van der Waals surface area contributed by atoms with E-state index in [9.17, 15) is 37.9 Å². The molecule has 0 saturated carbocycles. The number of unbranched alkanes of at least 4 members (excludes halogenated alkanes) is 14. The summed E-state index contributed by atoms with van der Waals surface area (Å²) in [4.78, 5) is 25.4. The second-order valence-corrected chi connectivity index (χ2v) is 16.9. The number of hydrogen-bond acceptors (Lipinski definition) is 11. The van der Waals surface area contributed by atoms with Crippen molar-refractivity contribution < 1.29 is 56.8 Å². The van der Waals surface area contributed by atoms with Gasteiger partial charge in [-0.2, -0.15) is 8.42 Å². The summed E-state index contributed by atoms with van der Waals surface area (Å²) in [5.74, 6) is -2.07. The fourth-order valence-corrected chi connectivity index (χ4v) is 7.00. The molecule has 1 saturated heterocycles. The number of aliphatic hydroxyl groups excluding tert-OH is 3. The molecule has 1 aliphatic rings. The van der Waals surface area contributed by atoms with Crippen LogP contribution in [-0.4, -0.2) is 96.0 Å². The zero-order valence-electron chi connectivity index (χ0n) is 36.1. The molecule has 12 nitrogen and oxygen atoms in total. The van der Waals surface area contributed by atoms with Gasteiger partial charge in [-0.05, 0) is 77.0 Å². The molecule has 0 aromatic carbocycles. The van der Waals surface area contributed by atoms with E-state index in [0.717, 1.165) is 64.2 Å². The third-order valence-electron chi connectivity index (χ3n) is 9.82. The maximum absolute atomic E-state index is 12.8. The Balaban J connectivity index is 2.52. The van der Waals surface area contributed by atoms with Crippen molar-refractivity contribution >= 4 is 22.1 Å². The number of rotatable bonds is 36. The molecule has 1 aliphatic heterocycles. The van der Waals surface area contributed by atoms with Gasteiger partial charge in [0.15, 0.2) is 12.4 Å². The van der Waals surface area contributed by atoms with Crippen molar-refractivity contribution in [2.75, 3.05) is 19.0 Å². The van der Waals surface area contributed by atoms with E-state index in [1.54, 1.807) is 0 Å². The molecule has 1 fully saturated rings. The van der Waals surface area contributed by atoms with Crippen LogP contribution in [0.5, 0.6) is 0 Å². The molecule has 340 valence electrons. The molecule has 1 rings (SSSR count). The Labute approximate surface area is 355 Å². The first-order valence-electron chi connectivity index (χ1n) is 22.3. The summed E-state index contributed by atoms with van der Waals surface area (Å²) in [5.41, 5.74) is 0. The van der Waals surface area contributed by atoms with Crippen LogP contribution in [0.3, 0.4) is 0 Å².